The summed E-state index contributed by atoms with van der Waals surface area (Å²) in [5.74, 6) is 0.359. The molecule has 0 saturated heterocycles. The first-order chi connectivity index (χ1) is 11.4. The van der Waals surface area contributed by atoms with Gasteiger partial charge in [-0.3, -0.25) is 4.79 Å². The van der Waals surface area contributed by atoms with Crippen LogP contribution in [0.1, 0.15) is 28.4 Å². The molecule has 0 spiro atoms. The van der Waals surface area contributed by atoms with E-state index in [2.05, 4.69) is 25.6 Å². The fourth-order valence-corrected chi connectivity index (χ4v) is 3.00. The molecule has 0 radical (unpaired) electrons. The molecule has 2 aliphatic heterocycles. The molecule has 0 aliphatic carbocycles. The number of hydrogen-bond donors (Lipinski definition) is 1. The SMILES string of the molecule is C=CS(=O)(=O)c1cccc(C(N)=O)c1.CCc1cc2ccc1CO2. The number of sulfone groups is 1. The Bertz CT molecular complexity index is 872. The molecular formula is C18H19NO4S. The predicted molar refractivity (Wildman–Crippen MR) is 92.5 cm³/mol. The first kappa shape index (κ1) is 17.7. The Kier molecular flexibility index (Phi) is 5.41. The van der Waals surface area contributed by atoms with E-state index in [1.807, 2.05) is 6.07 Å². The summed E-state index contributed by atoms with van der Waals surface area (Å²) < 4.78 is 27.9. The Labute approximate surface area is 141 Å². The fourth-order valence-electron chi connectivity index (χ4n) is 2.25. The van der Waals surface area contributed by atoms with E-state index in [1.165, 1.54) is 35.4 Å². The Morgan fingerprint density at radius 3 is 2.46 bits per heavy atom. The molecular weight excluding hydrogens is 326 g/mol. The third kappa shape index (κ3) is 4.02. The van der Waals surface area contributed by atoms with E-state index >= 15 is 0 Å². The van der Waals surface area contributed by atoms with E-state index in [1.54, 1.807) is 0 Å². The molecule has 2 aliphatic rings. The number of carbonyl (C=O) groups excluding carboxylic acids is 1. The summed E-state index contributed by atoms with van der Waals surface area (Å²) in [5, 5.41) is 0.826. The molecule has 126 valence electrons. The van der Waals surface area contributed by atoms with Crippen LogP contribution in [0.4, 0.5) is 0 Å². The molecule has 2 aromatic rings. The van der Waals surface area contributed by atoms with Crippen molar-refractivity contribution in [2.75, 3.05) is 0 Å². The maximum absolute atomic E-state index is 11.3. The van der Waals surface area contributed by atoms with Crippen molar-refractivity contribution in [3.05, 3.63) is 71.1 Å². The highest BCUT2D eigenvalue weighted by molar-refractivity contribution is 7.94. The summed E-state index contributed by atoms with van der Waals surface area (Å²) in [6.07, 6.45) is 1.12. The van der Waals surface area contributed by atoms with Crippen LogP contribution in [0.3, 0.4) is 0 Å². The van der Waals surface area contributed by atoms with Gasteiger partial charge in [0.05, 0.1) is 4.90 Å². The number of primary amides is 1. The summed E-state index contributed by atoms with van der Waals surface area (Å²) in [5.41, 5.74) is 7.95. The largest absolute Gasteiger partial charge is 0.489 e. The van der Waals surface area contributed by atoms with Crippen LogP contribution < -0.4 is 10.5 Å². The van der Waals surface area contributed by atoms with Gasteiger partial charge >= 0.3 is 0 Å². The first-order valence-corrected chi connectivity index (χ1v) is 8.94. The summed E-state index contributed by atoms with van der Waals surface area (Å²) in [6.45, 7) is 6.14. The molecule has 1 amide bonds. The van der Waals surface area contributed by atoms with Crippen LogP contribution in [0.5, 0.6) is 5.75 Å². The minimum atomic E-state index is -3.50. The highest BCUT2D eigenvalue weighted by Crippen LogP contribution is 2.25. The lowest BCUT2D eigenvalue weighted by Crippen LogP contribution is -2.11. The van der Waals surface area contributed by atoms with Gasteiger partial charge < -0.3 is 10.5 Å². The summed E-state index contributed by atoms with van der Waals surface area (Å²) in [7, 11) is -3.50. The minimum Gasteiger partial charge on any atom is -0.489 e. The van der Waals surface area contributed by atoms with E-state index < -0.39 is 15.7 Å². The Morgan fingerprint density at radius 1 is 1.29 bits per heavy atom. The van der Waals surface area contributed by atoms with Gasteiger partial charge in [0.15, 0.2) is 9.84 Å². The van der Waals surface area contributed by atoms with Gasteiger partial charge in [-0.25, -0.2) is 8.42 Å². The van der Waals surface area contributed by atoms with Crippen LogP contribution in [0.25, 0.3) is 0 Å². The normalized spacial score (nSPS) is 11.9. The number of carbonyl (C=O) groups is 1. The number of ether oxygens (including phenoxy) is 1. The minimum absolute atomic E-state index is 0.0174. The summed E-state index contributed by atoms with van der Waals surface area (Å²) in [6, 6.07) is 11.8. The van der Waals surface area contributed by atoms with Crippen molar-refractivity contribution in [3.8, 4) is 5.75 Å². The van der Waals surface area contributed by atoms with Crippen LogP contribution in [-0.4, -0.2) is 14.3 Å². The van der Waals surface area contributed by atoms with Gasteiger partial charge in [0.2, 0.25) is 5.91 Å². The molecule has 24 heavy (non-hydrogen) atoms. The first-order valence-electron chi connectivity index (χ1n) is 7.39. The Hall–Kier alpha value is -2.60. The zero-order valence-electron chi connectivity index (χ0n) is 13.4. The third-order valence-corrected chi connectivity index (χ3v) is 4.97. The van der Waals surface area contributed by atoms with Gasteiger partial charge in [-0.15, -0.1) is 0 Å². The molecule has 2 N–H and O–H groups in total. The van der Waals surface area contributed by atoms with Gasteiger partial charge in [0, 0.05) is 11.0 Å². The lowest BCUT2D eigenvalue weighted by molar-refractivity contribution is 0.1000. The van der Waals surface area contributed by atoms with Crippen molar-refractivity contribution in [3.63, 3.8) is 0 Å². The van der Waals surface area contributed by atoms with Crippen LogP contribution in [0, 0.1) is 0 Å². The topological polar surface area (TPSA) is 86.5 Å². The highest BCUT2D eigenvalue weighted by atomic mass is 32.2. The zero-order chi connectivity index (χ0) is 17.7. The molecule has 0 fully saturated rings. The van der Waals surface area contributed by atoms with Gasteiger partial charge in [-0.2, -0.15) is 0 Å². The van der Waals surface area contributed by atoms with Crippen LogP contribution >= 0.6 is 0 Å². The highest BCUT2D eigenvalue weighted by Gasteiger charge is 2.11. The van der Waals surface area contributed by atoms with E-state index in [0.717, 1.165) is 24.2 Å². The molecule has 0 saturated carbocycles. The average molecular weight is 345 g/mol. The van der Waals surface area contributed by atoms with Crippen molar-refractivity contribution in [1.29, 1.82) is 0 Å². The molecule has 4 rings (SSSR count). The van der Waals surface area contributed by atoms with Crippen LogP contribution in [-0.2, 0) is 22.9 Å². The second-order valence-corrected chi connectivity index (χ2v) is 7.07. The average Bonchev–Trinajstić information content (AvgIpc) is 2.63. The Morgan fingerprint density at radius 2 is 2.04 bits per heavy atom. The van der Waals surface area contributed by atoms with Crippen molar-refractivity contribution in [2.45, 2.75) is 24.8 Å². The van der Waals surface area contributed by atoms with E-state index in [4.69, 9.17) is 10.5 Å². The van der Waals surface area contributed by atoms with Gasteiger partial charge in [0.25, 0.3) is 0 Å². The van der Waals surface area contributed by atoms with Crippen molar-refractivity contribution < 1.29 is 17.9 Å². The number of aryl methyl sites for hydroxylation is 1. The molecule has 2 aromatic carbocycles. The number of nitrogens with two attached hydrogens (primary N) is 1. The molecule has 0 atom stereocenters. The third-order valence-electron chi connectivity index (χ3n) is 3.62. The van der Waals surface area contributed by atoms with E-state index in [-0.39, 0.29) is 10.5 Å². The summed E-state index contributed by atoms with van der Waals surface area (Å²) in [4.78, 5) is 10.8. The van der Waals surface area contributed by atoms with E-state index in [9.17, 15) is 13.2 Å². The lowest BCUT2D eigenvalue weighted by atomic mass is 10.0. The predicted octanol–water partition coefficient (Wildman–Crippen LogP) is 2.84. The van der Waals surface area contributed by atoms with Gasteiger partial charge in [0.1, 0.15) is 12.4 Å². The van der Waals surface area contributed by atoms with Crippen molar-refractivity contribution >= 4 is 15.7 Å². The maximum Gasteiger partial charge on any atom is 0.248 e. The zero-order valence-corrected chi connectivity index (χ0v) is 14.2. The van der Waals surface area contributed by atoms with Crippen molar-refractivity contribution in [2.24, 2.45) is 5.73 Å². The van der Waals surface area contributed by atoms with Crippen molar-refractivity contribution in [1.82, 2.24) is 0 Å². The molecule has 0 unspecified atom stereocenters. The number of benzene rings is 2. The van der Waals surface area contributed by atoms with Gasteiger partial charge in [-0.1, -0.05) is 25.6 Å². The monoisotopic (exact) mass is 345 g/mol. The van der Waals surface area contributed by atoms with Crippen LogP contribution in [0.15, 0.2) is 59.3 Å². The Balaban J connectivity index is 0.000000182. The summed E-state index contributed by atoms with van der Waals surface area (Å²) >= 11 is 0. The second kappa shape index (κ2) is 7.31. The molecule has 2 bridgehead atoms. The second-order valence-electron chi connectivity index (χ2n) is 5.18. The molecule has 6 heteroatoms. The lowest BCUT2D eigenvalue weighted by Gasteiger charge is -2.17. The molecule has 2 heterocycles. The molecule has 5 nitrogen and oxygen atoms in total. The number of fused-ring (bicyclic) bond motifs is 3. The van der Waals surface area contributed by atoms with E-state index in [0.29, 0.717) is 0 Å². The smallest absolute Gasteiger partial charge is 0.248 e. The van der Waals surface area contributed by atoms with Crippen LogP contribution in [0.2, 0.25) is 0 Å². The number of amides is 1. The fraction of sp³-hybridized carbons (Fsp3) is 0.167. The quantitative estimate of drug-likeness (QED) is 0.923. The van der Waals surface area contributed by atoms with Gasteiger partial charge in [-0.05, 0) is 47.9 Å². The number of rotatable bonds is 4. The molecule has 0 aromatic heterocycles. The maximum atomic E-state index is 11.3. The number of hydrogen-bond acceptors (Lipinski definition) is 4. The standard InChI is InChI=1S/C9H9NO3S.C9H10O/c1-2-14(12,13)8-5-3-4-7(6-8)9(10)11;1-2-7-5-9-4-3-8(7)6-10-9/h2-6H,1H2,(H2,10,11);3-5H,2,6H2,1H3.